The maximum atomic E-state index is 12.9. The molecule has 1 aliphatic heterocycles. The summed E-state index contributed by atoms with van der Waals surface area (Å²) in [6.45, 7) is 0. The van der Waals surface area contributed by atoms with Crippen LogP contribution >= 0.6 is 11.8 Å². The van der Waals surface area contributed by atoms with E-state index in [0.29, 0.717) is 50.7 Å². The van der Waals surface area contributed by atoms with Crippen molar-refractivity contribution in [2.75, 3.05) is 11.1 Å². The highest BCUT2D eigenvalue weighted by Crippen LogP contribution is 2.31. The van der Waals surface area contributed by atoms with Gasteiger partial charge in [-0.3, -0.25) is 15.0 Å². The minimum absolute atomic E-state index is 0.000156. The van der Waals surface area contributed by atoms with Crippen molar-refractivity contribution in [3.63, 3.8) is 0 Å². The van der Waals surface area contributed by atoms with E-state index in [-0.39, 0.29) is 22.5 Å². The van der Waals surface area contributed by atoms with Crippen LogP contribution in [0, 0.1) is 5.41 Å². The fraction of sp³-hybridized carbons (Fsp3) is 0.0800. The van der Waals surface area contributed by atoms with E-state index in [1.165, 1.54) is 17.8 Å². The van der Waals surface area contributed by atoms with E-state index in [9.17, 15) is 18.0 Å². The first-order chi connectivity index (χ1) is 17.1. The Balaban J connectivity index is 1.50. The molecular formula is C25H23N5O4S2. The van der Waals surface area contributed by atoms with Crippen molar-refractivity contribution in [1.82, 2.24) is 5.32 Å². The van der Waals surface area contributed by atoms with Gasteiger partial charge in [0.15, 0.2) is 0 Å². The first-order valence-corrected chi connectivity index (χ1v) is 13.3. The highest BCUT2D eigenvalue weighted by atomic mass is 32.2. The molecule has 0 fully saturated rings. The Morgan fingerprint density at radius 3 is 2.31 bits per heavy atom. The number of allylic oxidation sites excluding steroid dienone is 1. The molecule has 36 heavy (non-hydrogen) atoms. The van der Waals surface area contributed by atoms with Gasteiger partial charge in [0.2, 0.25) is 10.0 Å². The zero-order valence-corrected chi connectivity index (χ0v) is 20.6. The summed E-state index contributed by atoms with van der Waals surface area (Å²) in [4.78, 5) is 26.1. The fourth-order valence-electron chi connectivity index (χ4n) is 3.69. The first kappa shape index (κ1) is 25.2. The van der Waals surface area contributed by atoms with E-state index in [1.54, 1.807) is 66.7 Å². The number of nitrogen functional groups attached to an aromatic ring is 1. The van der Waals surface area contributed by atoms with Gasteiger partial charge in [0.05, 0.1) is 9.80 Å². The van der Waals surface area contributed by atoms with Gasteiger partial charge in [0.25, 0.3) is 11.8 Å². The van der Waals surface area contributed by atoms with Crippen molar-refractivity contribution in [2.45, 2.75) is 11.3 Å². The van der Waals surface area contributed by atoms with Crippen molar-refractivity contribution in [1.29, 1.82) is 5.41 Å². The summed E-state index contributed by atoms with van der Waals surface area (Å²) >= 11 is 1.35. The van der Waals surface area contributed by atoms with Gasteiger partial charge in [-0.05, 0) is 42.3 Å². The number of rotatable bonds is 7. The smallest absolute Gasteiger partial charge is 0.263 e. The molecule has 0 radical (unpaired) electrons. The Morgan fingerprint density at radius 1 is 0.889 bits per heavy atom. The number of thioether (sulfide) groups is 1. The molecule has 1 heterocycles. The lowest BCUT2D eigenvalue weighted by Crippen LogP contribution is -2.25. The average Bonchev–Trinajstić information content (AvgIpc) is 3.32. The third-order valence-electron chi connectivity index (χ3n) is 5.43. The number of hydrogen-bond acceptors (Lipinski definition) is 6. The van der Waals surface area contributed by atoms with Gasteiger partial charge >= 0.3 is 0 Å². The van der Waals surface area contributed by atoms with E-state index >= 15 is 0 Å². The monoisotopic (exact) mass is 521 g/mol. The normalized spacial score (nSPS) is 13.4. The number of carbonyl (C=O) groups is 2. The summed E-state index contributed by atoms with van der Waals surface area (Å²) in [6.07, 6.45) is 0.520. The van der Waals surface area contributed by atoms with E-state index in [1.807, 2.05) is 0 Å². The van der Waals surface area contributed by atoms with Crippen LogP contribution in [0.5, 0.6) is 0 Å². The third kappa shape index (κ3) is 5.65. The van der Waals surface area contributed by atoms with Gasteiger partial charge in [0, 0.05) is 33.8 Å². The molecule has 0 bridgehead atoms. The van der Waals surface area contributed by atoms with Crippen molar-refractivity contribution < 1.29 is 18.0 Å². The Morgan fingerprint density at radius 2 is 1.61 bits per heavy atom. The molecular weight excluding hydrogens is 498 g/mol. The number of carbonyl (C=O) groups excluding carboxylic acids is 2. The predicted molar refractivity (Wildman–Crippen MR) is 141 cm³/mol. The van der Waals surface area contributed by atoms with E-state index < -0.39 is 10.0 Å². The van der Waals surface area contributed by atoms with Gasteiger partial charge in [-0.1, -0.05) is 42.5 Å². The van der Waals surface area contributed by atoms with Crippen LogP contribution < -0.4 is 21.5 Å². The Hall–Kier alpha value is -3.93. The Labute approximate surface area is 212 Å². The summed E-state index contributed by atoms with van der Waals surface area (Å²) in [7, 11) is -3.91. The fourth-order valence-corrected chi connectivity index (χ4v) is 5.47. The maximum Gasteiger partial charge on any atom is 0.263 e. The molecule has 0 aromatic heterocycles. The van der Waals surface area contributed by atoms with Gasteiger partial charge in [-0.2, -0.15) is 0 Å². The number of sulfonamides is 1. The minimum Gasteiger partial charge on any atom is -0.384 e. The molecule has 9 nitrogen and oxygen atoms in total. The van der Waals surface area contributed by atoms with Gasteiger partial charge in [0.1, 0.15) is 5.84 Å². The van der Waals surface area contributed by atoms with Crippen LogP contribution in [0.25, 0.3) is 11.1 Å². The lowest BCUT2D eigenvalue weighted by atomic mass is 10.0. The largest absolute Gasteiger partial charge is 0.384 e. The number of primary sulfonamides is 1. The van der Waals surface area contributed by atoms with Crippen LogP contribution in [0.1, 0.15) is 22.3 Å². The Kier molecular flexibility index (Phi) is 7.25. The van der Waals surface area contributed by atoms with Crippen LogP contribution in [0.2, 0.25) is 0 Å². The number of anilines is 1. The molecule has 0 unspecified atom stereocenters. The second kappa shape index (κ2) is 10.4. The molecule has 0 spiro atoms. The quantitative estimate of drug-likeness (QED) is 0.236. The summed E-state index contributed by atoms with van der Waals surface area (Å²) < 4.78 is 23.8. The van der Waals surface area contributed by atoms with Gasteiger partial charge in [-0.25, -0.2) is 13.6 Å². The lowest BCUT2D eigenvalue weighted by molar-refractivity contribution is -0.112. The van der Waals surface area contributed by atoms with Crippen LogP contribution in [0.4, 0.5) is 5.69 Å². The van der Waals surface area contributed by atoms with E-state index in [2.05, 4.69) is 10.6 Å². The summed E-state index contributed by atoms with van der Waals surface area (Å²) in [6, 6.07) is 19.5. The van der Waals surface area contributed by atoms with Crippen molar-refractivity contribution in [2.24, 2.45) is 10.9 Å². The van der Waals surface area contributed by atoms with Crippen LogP contribution in [-0.2, 0) is 14.8 Å². The van der Waals surface area contributed by atoms with Crippen LogP contribution in [-0.4, -0.2) is 31.8 Å². The summed E-state index contributed by atoms with van der Waals surface area (Å²) in [5.74, 6) is -0.200. The number of amidine groups is 1. The summed E-state index contributed by atoms with van der Waals surface area (Å²) in [5, 5.41) is 18.5. The van der Waals surface area contributed by atoms with Gasteiger partial charge in [-0.15, -0.1) is 11.8 Å². The van der Waals surface area contributed by atoms with Crippen molar-refractivity contribution in [3.05, 3.63) is 94.5 Å². The molecule has 0 atom stereocenters. The van der Waals surface area contributed by atoms with Crippen LogP contribution in [0.3, 0.4) is 0 Å². The molecule has 0 aliphatic carbocycles. The number of amides is 2. The second-order valence-electron chi connectivity index (χ2n) is 7.93. The predicted octanol–water partition coefficient (Wildman–Crippen LogP) is 3.00. The summed E-state index contributed by atoms with van der Waals surface area (Å²) in [5.41, 5.74) is 8.41. The van der Waals surface area contributed by atoms with E-state index in [4.69, 9.17) is 16.3 Å². The zero-order valence-electron chi connectivity index (χ0n) is 18.9. The molecule has 0 saturated carbocycles. The average molecular weight is 522 g/mol. The number of nitrogens with two attached hydrogens (primary N) is 2. The second-order valence-corrected chi connectivity index (χ2v) is 10.6. The standard InChI is InChI=1S/C25H23N5O4S2/c26-23(27)17-4-3-5-18(14-17)29-25(32)22-20(12-13-35-22)30-24(31)16-10-8-15(9-11-16)19-6-1-2-7-21(19)36(28,33)34/h1-11,14H,12-13H2,(H3,26,27)(H,29,32)(H,30,31)(H2,28,33,34). The topological polar surface area (TPSA) is 168 Å². The number of nitrogens with one attached hydrogen (secondary N) is 3. The molecule has 3 aromatic rings. The van der Waals surface area contributed by atoms with Crippen LogP contribution in [0.15, 0.2) is 88.3 Å². The number of hydrogen-bond donors (Lipinski definition) is 5. The molecule has 0 saturated heterocycles. The Bertz CT molecular complexity index is 1500. The molecule has 184 valence electrons. The number of benzene rings is 3. The molecule has 2 amide bonds. The SMILES string of the molecule is N=C(N)c1cccc(NC(=O)C2=C(NC(=O)c3ccc(-c4ccccc4S(N)(=O)=O)cc3)CCS2)c1. The van der Waals surface area contributed by atoms with Crippen molar-refractivity contribution in [3.8, 4) is 11.1 Å². The molecule has 7 N–H and O–H groups in total. The molecule has 1 aliphatic rings. The maximum absolute atomic E-state index is 12.9. The minimum atomic E-state index is -3.91. The first-order valence-electron chi connectivity index (χ1n) is 10.8. The zero-order chi connectivity index (χ0) is 25.9. The lowest BCUT2D eigenvalue weighted by Gasteiger charge is -2.11. The molecule has 11 heteroatoms. The third-order valence-corrected chi connectivity index (χ3v) is 7.52. The highest BCUT2D eigenvalue weighted by molar-refractivity contribution is 8.04. The van der Waals surface area contributed by atoms with Crippen molar-refractivity contribution >= 4 is 45.1 Å². The van der Waals surface area contributed by atoms with Gasteiger partial charge < -0.3 is 16.4 Å². The highest BCUT2D eigenvalue weighted by Gasteiger charge is 2.24. The molecule has 3 aromatic carbocycles. The van der Waals surface area contributed by atoms with E-state index in [0.717, 1.165) is 0 Å². The molecule has 4 rings (SSSR count).